The van der Waals surface area contributed by atoms with Gasteiger partial charge in [-0.05, 0) is 42.9 Å². The number of hydrogen-bond acceptors (Lipinski definition) is 5. The first-order valence-electron chi connectivity index (χ1n) is 8.03. The first kappa shape index (κ1) is 20.4. The van der Waals surface area contributed by atoms with Crippen LogP contribution < -0.4 is 20.1 Å². The SMILES string of the molecule is CNC(=O)c1cccc(CNC(=O)c2ccc(OC)c(S(=O)(=O)NC)c2)c1. The number of methoxy groups -OCH3 is 1. The maximum Gasteiger partial charge on any atom is 0.251 e. The van der Waals surface area contributed by atoms with Gasteiger partial charge in [0, 0.05) is 24.7 Å². The molecule has 0 bridgehead atoms. The molecule has 0 aliphatic carbocycles. The minimum atomic E-state index is -3.78. The van der Waals surface area contributed by atoms with Crippen LogP contribution in [0.25, 0.3) is 0 Å². The summed E-state index contributed by atoms with van der Waals surface area (Å²) in [5.41, 5.74) is 1.39. The Labute approximate surface area is 158 Å². The Morgan fingerprint density at radius 3 is 2.33 bits per heavy atom. The first-order valence-corrected chi connectivity index (χ1v) is 9.51. The Morgan fingerprint density at radius 2 is 1.70 bits per heavy atom. The van der Waals surface area contributed by atoms with Crippen LogP contribution in [0.5, 0.6) is 5.75 Å². The van der Waals surface area contributed by atoms with Gasteiger partial charge in [-0.25, -0.2) is 13.1 Å². The predicted octanol–water partition coefficient (Wildman–Crippen LogP) is 0.893. The third-order valence-electron chi connectivity index (χ3n) is 3.85. The van der Waals surface area contributed by atoms with Crippen molar-refractivity contribution in [2.45, 2.75) is 11.4 Å². The highest BCUT2D eigenvalue weighted by atomic mass is 32.2. The second-order valence-electron chi connectivity index (χ2n) is 5.54. The molecule has 0 aliphatic heterocycles. The number of hydrogen-bond donors (Lipinski definition) is 3. The molecule has 0 aliphatic rings. The summed E-state index contributed by atoms with van der Waals surface area (Å²) >= 11 is 0. The molecule has 0 spiro atoms. The second-order valence-corrected chi connectivity index (χ2v) is 7.39. The molecule has 0 aromatic heterocycles. The van der Waals surface area contributed by atoms with Gasteiger partial charge < -0.3 is 15.4 Å². The third kappa shape index (κ3) is 4.83. The van der Waals surface area contributed by atoms with Crippen molar-refractivity contribution in [1.29, 1.82) is 0 Å². The first-order chi connectivity index (χ1) is 12.8. The number of carbonyl (C=O) groups is 2. The lowest BCUT2D eigenvalue weighted by molar-refractivity contribution is 0.0948. The lowest BCUT2D eigenvalue weighted by Gasteiger charge is -2.11. The van der Waals surface area contributed by atoms with Crippen LogP contribution >= 0.6 is 0 Å². The molecule has 0 radical (unpaired) electrons. The Balaban J connectivity index is 2.19. The van der Waals surface area contributed by atoms with E-state index < -0.39 is 15.9 Å². The summed E-state index contributed by atoms with van der Waals surface area (Å²) in [7, 11) is 0.386. The van der Waals surface area contributed by atoms with Crippen LogP contribution in [0.3, 0.4) is 0 Å². The summed E-state index contributed by atoms with van der Waals surface area (Å²) in [4.78, 5) is 24.0. The molecule has 2 aromatic rings. The molecule has 0 atom stereocenters. The molecule has 0 saturated heterocycles. The molecule has 9 heteroatoms. The quantitative estimate of drug-likeness (QED) is 0.649. The minimum Gasteiger partial charge on any atom is -0.495 e. The fourth-order valence-corrected chi connectivity index (χ4v) is 3.31. The Hall–Kier alpha value is -2.91. The number of ether oxygens (including phenoxy) is 1. The Bertz CT molecular complexity index is 957. The highest BCUT2D eigenvalue weighted by molar-refractivity contribution is 7.89. The number of rotatable bonds is 7. The summed E-state index contributed by atoms with van der Waals surface area (Å²) in [5, 5.41) is 5.24. The monoisotopic (exact) mass is 391 g/mol. The van der Waals surface area contributed by atoms with E-state index >= 15 is 0 Å². The molecule has 144 valence electrons. The van der Waals surface area contributed by atoms with Gasteiger partial charge in [0.05, 0.1) is 7.11 Å². The Kier molecular flexibility index (Phi) is 6.54. The van der Waals surface area contributed by atoms with Gasteiger partial charge >= 0.3 is 0 Å². The number of amides is 2. The van der Waals surface area contributed by atoms with Crippen molar-refractivity contribution in [2.24, 2.45) is 0 Å². The number of carbonyl (C=O) groups excluding carboxylic acids is 2. The average molecular weight is 391 g/mol. The molecular formula is C18H21N3O5S. The van der Waals surface area contributed by atoms with Gasteiger partial charge in [-0.2, -0.15) is 0 Å². The molecular weight excluding hydrogens is 370 g/mol. The lowest BCUT2D eigenvalue weighted by atomic mass is 10.1. The van der Waals surface area contributed by atoms with Crippen LogP contribution in [0.4, 0.5) is 0 Å². The second kappa shape index (κ2) is 8.65. The average Bonchev–Trinajstić information content (AvgIpc) is 2.71. The number of nitrogens with one attached hydrogen (secondary N) is 3. The van der Waals surface area contributed by atoms with Gasteiger partial charge in [-0.15, -0.1) is 0 Å². The van der Waals surface area contributed by atoms with Crippen LogP contribution in [0, 0.1) is 0 Å². The van der Waals surface area contributed by atoms with Gasteiger partial charge in [0.1, 0.15) is 10.6 Å². The van der Waals surface area contributed by atoms with Crippen molar-refractivity contribution in [1.82, 2.24) is 15.4 Å². The van der Waals surface area contributed by atoms with E-state index in [2.05, 4.69) is 15.4 Å². The van der Waals surface area contributed by atoms with Crippen LogP contribution in [-0.4, -0.2) is 41.4 Å². The van der Waals surface area contributed by atoms with Crippen LogP contribution in [-0.2, 0) is 16.6 Å². The number of sulfonamides is 1. The van der Waals surface area contributed by atoms with E-state index in [-0.39, 0.29) is 28.7 Å². The topological polar surface area (TPSA) is 114 Å². The van der Waals surface area contributed by atoms with Crippen molar-refractivity contribution in [3.8, 4) is 5.75 Å². The number of benzene rings is 2. The van der Waals surface area contributed by atoms with Crippen molar-refractivity contribution in [3.05, 3.63) is 59.2 Å². The molecule has 0 heterocycles. The van der Waals surface area contributed by atoms with Crippen LogP contribution in [0.2, 0.25) is 0 Å². The zero-order valence-electron chi connectivity index (χ0n) is 15.2. The smallest absolute Gasteiger partial charge is 0.251 e. The molecule has 27 heavy (non-hydrogen) atoms. The summed E-state index contributed by atoms with van der Waals surface area (Å²) in [5.74, 6) is -0.532. The van der Waals surface area contributed by atoms with E-state index in [0.29, 0.717) is 5.56 Å². The van der Waals surface area contributed by atoms with E-state index in [0.717, 1.165) is 5.56 Å². The van der Waals surface area contributed by atoms with Crippen LogP contribution in [0.1, 0.15) is 26.3 Å². The lowest BCUT2D eigenvalue weighted by Crippen LogP contribution is -2.24. The minimum absolute atomic E-state index is 0.123. The molecule has 3 N–H and O–H groups in total. The highest BCUT2D eigenvalue weighted by Gasteiger charge is 2.20. The molecule has 0 fully saturated rings. The third-order valence-corrected chi connectivity index (χ3v) is 5.29. The van der Waals surface area contributed by atoms with E-state index in [1.807, 2.05) is 0 Å². The van der Waals surface area contributed by atoms with Crippen molar-refractivity contribution in [3.63, 3.8) is 0 Å². The zero-order valence-corrected chi connectivity index (χ0v) is 16.0. The largest absolute Gasteiger partial charge is 0.495 e. The summed E-state index contributed by atoms with van der Waals surface area (Å²) in [6, 6.07) is 11.0. The molecule has 0 unspecified atom stereocenters. The molecule has 2 amide bonds. The summed E-state index contributed by atoms with van der Waals surface area (Å²) in [6.07, 6.45) is 0. The van der Waals surface area contributed by atoms with Gasteiger partial charge in [0.15, 0.2) is 0 Å². The Morgan fingerprint density at radius 1 is 1.00 bits per heavy atom. The normalized spacial score (nSPS) is 10.9. The zero-order chi connectivity index (χ0) is 20.0. The summed E-state index contributed by atoms with van der Waals surface area (Å²) < 4.78 is 31.5. The van der Waals surface area contributed by atoms with Gasteiger partial charge in [-0.3, -0.25) is 9.59 Å². The van der Waals surface area contributed by atoms with E-state index in [9.17, 15) is 18.0 Å². The standard InChI is InChI=1S/C18H21N3O5S/c1-19-17(22)13-6-4-5-12(9-13)11-21-18(23)14-7-8-15(26-3)16(10-14)27(24,25)20-2/h4-10,20H,11H2,1-3H3,(H,19,22)(H,21,23). The van der Waals surface area contributed by atoms with Gasteiger partial charge in [0.2, 0.25) is 10.0 Å². The van der Waals surface area contributed by atoms with Crippen molar-refractivity contribution in [2.75, 3.05) is 21.2 Å². The van der Waals surface area contributed by atoms with Crippen molar-refractivity contribution >= 4 is 21.8 Å². The predicted molar refractivity (Wildman–Crippen MR) is 100 cm³/mol. The van der Waals surface area contributed by atoms with E-state index in [1.165, 1.54) is 39.4 Å². The van der Waals surface area contributed by atoms with Gasteiger partial charge in [-0.1, -0.05) is 12.1 Å². The molecule has 2 aromatic carbocycles. The van der Waals surface area contributed by atoms with Crippen molar-refractivity contribution < 1.29 is 22.7 Å². The maximum absolute atomic E-state index is 12.4. The molecule has 2 rings (SSSR count). The fourth-order valence-electron chi connectivity index (χ4n) is 2.39. The molecule has 8 nitrogen and oxygen atoms in total. The van der Waals surface area contributed by atoms with Crippen LogP contribution in [0.15, 0.2) is 47.4 Å². The fraction of sp³-hybridized carbons (Fsp3) is 0.222. The highest BCUT2D eigenvalue weighted by Crippen LogP contribution is 2.24. The maximum atomic E-state index is 12.4. The summed E-state index contributed by atoms with van der Waals surface area (Å²) in [6.45, 7) is 0.184. The van der Waals surface area contributed by atoms with Gasteiger partial charge in [0.25, 0.3) is 11.8 Å². The van der Waals surface area contributed by atoms with E-state index in [1.54, 1.807) is 24.3 Å². The van der Waals surface area contributed by atoms with E-state index in [4.69, 9.17) is 4.74 Å². The molecule has 0 saturated carbocycles.